The molecule has 1 rings (SSSR count). The second-order valence-corrected chi connectivity index (χ2v) is 3.67. The molecule has 0 saturated heterocycles. The summed E-state index contributed by atoms with van der Waals surface area (Å²) < 4.78 is 0. The highest BCUT2D eigenvalue weighted by Crippen LogP contribution is 2.15. The Morgan fingerprint density at radius 1 is 1.50 bits per heavy atom. The van der Waals surface area contributed by atoms with Gasteiger partial charge in [0.25, 0.3) is 0 Å². The van der Waals surface area contributed by atoms with Crippen LogP contribution in [-0.2, 0) is 0 Å². The molecule has 0 unspecified atom stereocenters. The van der Waals surface area contributed by atoms with Crippen molar-refractivity contribution in [1.82, 2.24) is 0 Å². The fourth-order valence-electron chi connectivity index (χ4n) is 1.21. The maximum atomic E-state index is 8.87. The third-order valence-electron chi connectivity index (χ3n) is 2.00. The van der Waals surface area contributed by atoms with Crippen LogP contribution < -0.4 is 0 Å². The summed E-state index contributed by atoms with van der Waals surface area (Å²) in [7, 11) is 1.76. The number of aryl methyl sites for hydroxylation is 1. The molecule has 0 aliphatic heterocycles. The molecule has 3 heteroatoms. The van der Waals surface area contributed by atoms with Gasteiger partial charge in [-0.1, -0.05) is 12.1 Å². The molecule has 0 saturated carbocycles. The highest BCUT2D eigenvalue weighted by Gasteiger charge is 2.03. The molecule has 0 atom stereocenters. The van der Waals surface area contributed by atoms with Crippen molar-refractivity contribution in [3.05, 3.63) is 34.9 Å². The second-order valence-electron chi connectivity index (χ2n) is 2.87. The van der Waals surface area contributed by atoms with E-state index in [2.05, 4.69) is 11.1 Å². The Morgan fingerprint density at radius 3 is 2.71 bits per heavy atom. The zero-order valence-corrected chi connectivity index (χ0v) is 9.35. The first-order valence-corrected chi connectivity index (χ1v) is 5.47. The number of benzene rings is 1. The van der Waals surface area contributed by atoms with Crippen LogP contribution in [0.5, 0.6) is 0 Å². The van der Waals surface area contributed by atoms with E-state index in [0.717, 1.165) is 21.7 Å². The van der Waals surface area contributed by atoms with E-state index in [1.54, 1.807) is 18.8 Å². The summed E-state index contributed by atoms with van der Waals surface area (Å²) in [6.45, 7) is 1.93. The number of thioether (sulfide) groups is 1. The first-order chi connectivity index (χ1) is 6.72. The van der Waals surface area contributed by atoms with E-state index >= 15 is 0 Å². The van der Waals surface area contributed by atoms with E-state index in [-0.39, 0.29) is 0 Å². The molecular formula is C11H12N2S. The quantitative estimate of drug-likeness (QED) is 0.520. The van der Waals surface area contributed by atoms with Crippen LogP contribution in [0.15, 0.2) is 23.2 Å². The van der Waals surface area contributed by atoms with Gasteiger partial charge >= 0.3 is 0 Å². The van der Waals surface area contributed by atoms with Gasteiger partial charge in [-0.15, -0.1) is 11.8 Å². The van der Waals surface area contributed by atoms with E-state index in [0.29, 0.717) is 0 Å². The van der Waals surface area contributed by atoms with Gasteiger partial charge < -0.3 is 0 Å². The lowest BCUT2D eigenvalue weighted by molar-refractivity contribution is 1.38. The molecule has 0 fully saturated rings. The molecule has 0 aromatic heterocycles. The Bertz CT molecular complexity index is 402. The van der Waals surface area contributed by atoms with Crippen LogP contribution in [0.1, 0.15) is 16.7 Å². The number of aliphatic imine (C=N–C) groups is 1. The van der Waals surface area contributed by atoms with Gasteiger partial charge in [0.1, 0.15) is 0 Å². The Labute approximate surface area is 88.7 Å². The fraction of sp³-hybridized carbons (Fsp3) is 0.273. The van der Waals surface area contributed by atoms with Crippen molar-refractivity contribution in [2.24, 2.45) is 4.99 Å². The first kappa shape index (κ1) is 10.8. The van der Waals surface area contributed by atoms with Gasteiger partial charge in [-0.2, -0.15) is 5.26 Å². The van der Waals surface area contributed by atoms with Gasteiger partial charge in [0, 0.05) is 12.6 Å². The monoisotopic (exact) mass is 204 g/mol. The predicted molar refractivity (Wildman–Crippen MR) is 61.9 cm³/mol. The van der Waals surface area contributed by atoms with Gasteiger partial charge in [-0.3, -0.25) is 4.99 Å². The third-order valence-corrected chi connectivity index (χ3v) is 2.81. The molecule has 0 spiro atoms. The van der Waals surface area contributed by atoms with Gasteiger partial charge in [-0.05, 0) is 24.8 Å². The number of hydrogen-bond acceptors (Lipinski definition) is 3. The summed E-state index contributed by atoms with van der Waals surface area (Å²) in [5, 5.41) is 9.83. The van der Waals surface area contributed by atoms with Crippen molar-refractivity contribution in [1.29, 1.82) is 5.26 Å². The molecule has 0 amide bonds. The summed E-state index contributed by atoms with van der Waals surface area (Å²) in [5.74, 6) is 0. The molecule has 0 aliphatic carbocycles. The molecule has 0 N–H and O–H groups in total. The van der Waals surface area contributed by atoms with Gasteiger partial charge in [0.15, 0.2) is 0 Å². The molecular weight excluding hydrogens is 192 g/mol. The Hall–Kier alpha value is -1.27. The highest BCUT2D eigenvalue weighted by molar-refractivity contribution is 8.13. The van der Waals surface area contributed by atoms with E-state index < -0.39 is 0 Å². The van der Waals surface area contributed by atoms with Crippen molar-refractivity contribution in [2.45, 2.75) is 6.92 Å². The van der Waals surface area contributed by atoms with Gasteiger partial charge in [0.2, 0.25) is 0 Å². The van der Waals surface area contributed by atoms with Crippen molar-refractivity contribution >= 4 is 16.8 Å². The number of nitriles is 1. The summed E-state index contributed by atoms with van der Waals surface area (Å²) in [6, 6.07) is 8.01. The molecule has 1 aromatic carbocycles. The van der Waals surface area contributed by atoms with Crippen molar-refractivity contribution in [3.8, 4) is 6.07 Å². The Balaban J connectivity index is 3.20. The summed E-state index contributed by atoms with van der Waals surface area (Å²) in [5.41, 5.74) is 2.74. The lowest BCUT2D eigenvalue weighted by atomic mass is 10.1. The smallest absolute Gasteiger partial charge is 0.0994 e. The minimum atomic E-state index is 0.720. The van der Waals surface area contributed by atoms with Gasteiger partial charge in [-0.25, -0.2) is 0 Å². The zero-order chi connectivity index (χ0) is 10.6. The van der Waals surface area contributed by atoms with Gasteiger partial charge in [0.05, 0.1) is 16.7 Å². The van der Waals surface area contributed by atoms with E-state index in [4.69, 9.17) is 5.26 Å². The lowest BCUT2D eigenvalue weighted by Gasteiger charge is -2.04. The summed E-state index contributed by atoms with van der Waals surface area (Å²) in [6.07, 6.45) is 1.98. The van der Waals surface area contributed by atoms with Crippen molar-refractivity contribution in [3.63, 3.8) is 0 Å². The zero-order valence-electron chi connectivity index (χ0n) is 8.53. The van der Waals surface area contributed by atoms with Crippen LogP contribution in [0, 0.1) is 18.3 Å². The summed E-state index contributed by atoms with van der Waals surface area (Å²) in [4.78, 5) is 4.15. The average molecular weight is 204 g/mol. The molecule has 2 nitrogen and oxygen atoms in total. The normalized spacial score (nSPS) is 11.1. The average Bonchev–Trinajstić information content (AvgIpc) is 2.22. The maximum absolute atomic E-state index is 8.87. The molecule has 14 heavy (non-hydrogen) atoms. The maximum Gasteiger partial charge on any atom is 0.0994 e. The number of nitrogens with zero attached hydrogens (tertiary/aromatic N) is 2. The molecule has 72 valence electrons. The molecule has 0 aliphatic rings. The molecule has 1 aromatic rings. The van der Waals surface area contributed by atoms with Crippen LogP contribution in [-0.4, -0.2) is 18.3 Å². The highest BCUT2D eigenvalue weighted by atomic mass is 32.2. The van der Waals surface area contributed by atoms with E-state index in [9.17, 15) is 0 Å². The predicted octanol–water partition coefficient (Wildman–Crippen LogP) is 2.61. The number of hydrogen-bond donors (Lipinski definition) is 0. The first-order valence-electron chi connectivity index (χ1n) is 4.24. The topological polar surface area (TPSA) is 36.1 Å². The van der Waals surface area contributed by atoms with Crippen LogP contribution in [0.2, 0.25) is 0 Å². The van der Waals surface area contributed by atoms with E-state index in [1.807, 2.05) is 31.4 Å². The van der Waals surface area contributed by atoms with E-state index in [1.165, 1.54) is 0 Å². The van der Waals surface area contributed by atoms with Crippen LogP contribution in [0.3, 0.4) is 0 Å². The minimum Gasteiger partial charge on any atom is -0.281 e. The fourth-order valence-corrected chi connectivity index (χ4v) is 1.76. The lowest BCUT2D eigenvalue weighted by Crippen LogP contribution is -1.96. The molecule has 0 radical (unpaired) electrons. The standard InChI is InChI=1S/C11H12N2S/c1-8-4-5-9(6-10(8)7-12)11(13-2)14-3/h4-6H,1-3H3. The third kappa shape index (κ3) is 2.15. The molecule has 0 heterocycles. The van der Waals surface area contributed by atoms with Crippen molar-refractivity contribution in [2.75, 3.05) is 13.3 Å². The largest absolute Gasteiger partial charge is 0.281 e. The van der Waals surface area contributed by atoms with Crippen LogP contribution in [0.25, 0.3) is 0 Å². The van der Waals surface area contributed by atoms with Crippen LogP contribution >= 0.6 is 11.8 Å². The Morgan fingerprint density at radius 2 is 2.21 bits per heavy atom. The van der Waals surface area contributed by atoms with Crippen LogP contribution in [0.4, 0.5) is 0 Å². The SMILES string of the molecule is CN=C(SC)c1ccc(C)c(C#N)c1. The molecule has 0 bridgehead atoms. The number of rotatable bonds is 1. The van der Waals surface area contributed by atoms with Crippen molar-refractivity contribution < 1.29 is 0 Å². The minimum absolute atomic E-state index is 0.720. The Kier molecular flexibility index (Phi) is 3.73. The second kappa shape index (κ2) is 4.83. The summed E-state index contributed by atoms with van der Waals surface area (Å²) >= 11 is 1.59.